The third-order valence-corrected chi connectivity index (χ3v) is 4.12. The van der Waals surface area contributed by atoms with E-state index in [1.807, 2.05) is 24.3 Å². The van der Waals surface area contributed by atoms with Crippen LogP contribution in [0.3, 0.4) is 0 Å². The first-order valence-electron chi connectivity index (χ1n) is 6.83. The van der Waals surface area contributed by atoms with Crippen LogP contribution in [0.1, 0.15) is 24.5 Å². The van der Waals surface area contributed by atoms with Gasteiger partial charge in [0.2, 0.25) is 0 Å². The number of fused-ring (bicyclic) bond motifs is 1. The Hall–Kier alpha value is -1.86. The zero-order valence-corrected chi connectivity index (χ0v) is 12.2. The number of allylic oxidation sites excluding steroid dienone is 2. The monoisotopic (exact) mass is 281 g/mol. The fourth-order valence-corrected chi connectivity index (χ4v) is 2.67. The molecular formula is C18H16ClN. The number of halogens is 1. The van der Waals surface area contributed by atoms with Crippen molar-refractivity contribution in [2.75, 3.05) is 0 Å². The summed E-state index contributed by atoms with van der Waals surface area (Å²) in [5, 5.41) is 0.783. The van der Waals surface area contributed by atoms with Gasteiger partial charge in [0.25, 0.3) is 0 Å². The van der Waals surface area contributed by atoms with E-state index in [0.717, 1.165) is 34.8 Å². The van der Waals surface area contributed by atoms with E-state index in [1.54, 1.807) is 0 Å². The molecule has 1 heterocycles. The number of hydrogen-bond donors (Lipinski definition) is 0. The van der Waals surface area contributed by atoms with E-state index in [9.17, 15) is 0 Å². The molecule has 3 rings (SSSR count). The lowest BCUT2D eigenvalue weighted by Gasteiger charge is -2.15. The largest absolute Gasteiger partial charge is 0.247 e. The molecule has 0 aromatic heterocycles. The number of rotatable bonds is 1. The number of nitrogens with zero attached hydrogens (tertiary/aromatic N) is 1. The first-order valence-corrected chi connectivity index (χ1v) is 7.21. The molecule has 2 aromatic carbocycles. The summed E-state index contributed by atoms with van der Waals surface area (Å²) in [6, 6.07) is 18.4. The van der Waals surface area contributed by atoms with Gasteiger partial charge in [0.05, 0.1) is 16.4 Å². The van der Waals surface area contributed by atoms with Crippen LogP contribution in [0.15, 0.2) is 70.2 Å². The molecule has 0 aliphatic carbocycles. The zero-order valence-electron chi connectivity index (χ0n) is 11.4. The van der Waals surface area contributed by atoms with Gasteiger partial charge in [0.15, 0.2) is 0 Å². The molecule has 0 radical (unpaired) electrons. The van der Waals surface area contributed by atoms with Gasteiger partial charge in [-0.1, -0.05) is 65.7 Å². The first-order chi connectivity index (χ1) is 9.75. The quantitative estimate of drug-likeness (QED) is 0.675. The van der Waals surface area contributed by atoms with E-state index >= 15 is 0 Å². The predicted octanol–water partition coefficient (Wildman–Crippen LogP) is 5.27. The molecule has 0 fully saturated rings. The van der Waals surface area contributed by atoms with E-state index in [1.165, 1.54) is 11.1 Å². The summed E-state index contributed by atoms with van der Waals surface area (Å²) in [7, 11) is 0. The molecule has 0 atom stereocenters. The highest BCUT2D eigenvalue weighted by molar-refractivity contribution is 6.47. The van der Waals surface area contributed by atoms with Crippen molar-refractivity contribution in [3.8, 4) is 0 Å². The van der Waals surface area contributed by atoms with Gasteiger partial charge in [-0.15, -0.1) is 0 Å². The maximum absolute atomic E-state index is 6.56. The lowest BCUT2D eigenvalue weighted by atomic mass is 9.98. The molecule has 1 aliphatic heterocycles. The van der Waals surface area contributed by atoms with Gasteiger partial charge in [-0.05, 0) is 31.4 Å². The summed E-state index contributed by atoms with van der Waals surface area (Å²) < 4.78 is 0. The van der Waals surface area contributed by atoms with Crippen LogP contribution in [-0.4, -0.2) is 5.71 Å². The third-order valence-electron chi connectivity index (χ3n) is 3.62. The highest BCUT2D eigenvalue weighted by Crippen LogP contribution is 2.30. The van der Waals surface area contributed by atoms with Crippen molar-refractivity contribution in [3.63, 3.8) is 0 Å². The second-order valence-electron chi connectivity index (χ2n) is 5.05. The van der Waals surface area contributed by atoms with Gasteiger partial charge in [0, 0.05) is 5.56 Å². The molecule has 0 amide bonds. The fourth-order valence-electron chi connectivity index (χ4n) is 2.42. The normalized spacial score (nSPS) is 15.2. The Morgan fingerprint density at radius 1 is 0.900 bits per heavy atom. The van der Waals surface area contributed by atoms with E-state index in [4.69, 9.17) is 16.6 Å². The van der Waals surface area contributed by atoms with Crippen LogP contribution in [0.5, 0.6) is 0 Å². The Balaban J connectivity index is 2.20. The van der Waals surface area contributed by atoms with Crippen molar-refractivity contribution < 1.29 is 0 Å². The first kappa shape index (κ1) is 13.1. The summed E-state index contributed by atoms with van der Waals surface area (Å²) in [6.07, 6.45) is 1.96. The Bertz CT molecular complexity index is 684. The average molecular weight is 282 g/mol. The molecule has 0 spiro atoms. The van der Waals surface area contributed by atoms with Crippen LogP contribution in [0.2, 0.25) is 0 Å². The molecule has 0 saturated heterocycles. The highest BCUT2D eigenvalue weighted by atomic mass is 35.5. The lowest BCUT2D eigenvalue weighted by Crippen LogP contribution is -2.06. The molecule has 1 aliphatic rings. The number of hydrogen-bond acceptors (Lipinski definition) is 1. The number of aryl methyl sites for hydroxylation is 1. The molecule has 100 valence electrons. The van der Waals surface area contributed by atoms with Gasteiger partial charge in [0.1, 0.15) is 0 Å². The molecule has 2 heteroatoms. The number of para-hydroxylation sites is 1. The second kappa shape index (κ2) is 5.64. The predicted molar refractivity (Wildman–Crippen MR) is 86.0 cm³/mol. The van der Waals surface area contributed by atoms with Crippen molar-refractivity contribution in [2.45, 2.75) is 19.8 Å². The summed E-state index contributed by atoms with van der Waals surface area (Å²) >= 11 is 6.56. The van der Waals surface area contributed by atoms with Crippen molar-refractivity contribution in [1.82, 2.24) is 0 Å². The van der Waals surface area contributed by atoms with Gasteiger partial charge < -0.3 is 0 Å². The van der Waals surface area contributed by atoms with E-state index < -0.39 is 0 Å². The summed E-state index contributed by atoms with van der Waals surface area (Å²) in [5.41, 5.74) is 5.44. The second-order valence-corrected chi connectivity index (χ2v) is 5.43. The molecule has 0 saturated carbocycles. The molecule has 20 heavy (non-hydrogen) atoms. The van der Waals surface area contributed by atoms with Crippen LogP contribution in [0.25, 0.3) is 0 Å². The standard InChI is InChI=1S/C18H16ClN/c1-13-11-12-14-7-5-6-10-16(14)20-18(17(13)19)15-8-3-2-4-9-15/h2-10H,11-12H2,1H3. The number of benzene rings is 2. The van der Waals surface area contributed by atoms with Gasteiger partial charge in [-0.3, -0.25) is 0 Å². The minimum atomic E-state index is 0.783. The van der Waals surface area contributed by atoms with E-state index in [0.29, 0.717) is 0 Å². The fraction of sp³-hybridized carbons (Fsp3) is 0.167. The van der Waals surface area contributed by atoms with Crippen LogP contribution in [0, 0.1) is 0 Å². The lowest BCUT2D eigenvalue weighted by molar-refractivity contribution is 0.935. The molecular weight excluding hydrogens is 266 g/mol. The van der Waals surface area contributed by atoms with Gasteiger partial charge >= 0.3 is 0 Å². The topological polar surface area (TPSA) is 12.4 Å². The molecule has 1 nitrogen and oxygen atoms in total. The minimum Gasteiger partial charge on any atom is -0.247 e. The van der Waals surface area contributed by atoms with Crippen LogP contribution in [0.4, 0.5) is 5.69 Å². The van der Waals surface area contributed by atoms with E-state index in [2.05, 4.69) is 37.3 Å². The number of aliphatic imine (C=N–C) groups is 1. The van der Waals surface area contributed by atoms with Crippen LogP contribution in [-0.2, 0) is 6.42 Å². The molecule has 0 bridgehead atoms. The maximum Gasteiger partial charge on any atom is 0.0894 e. The maximum atomic E-state index is 6.56. The Kier molecular flexibility index (Phi) is 3.70. The highest BCUT2D eigenvalue weighted by Gasteiger charge is 2.15. The Morgan fingerprint density at radius 3 is 2.40 bits per heavy atom. The zero-order chi connectivity index (χ0) is 13.9. The van der Waals surface area contributed by atoms with Crippen molar-refractivity contribution in [1.29, 1.82) is 0 Å². The molecule has 0 unspecified atom stereocenters. The summed E-state index contributed by atoms with van der Waals surface area (Å²) in [5.74, 6) is 0. The Morgan fingerprint density at radius 2 is 1.60 bits per heavy atom. The minimum absolute atomic E-state index is 0.783. The van der Waals surface area contributed by atoms with Gasteiger partial charge in [-0.25, -0.2) is 4.99 Å². The summed E-state index contributed by atoms with van der Waals surface area (Å²) in [4.78, 5) is 4.83. The van der Waals surface area contributed by atoms with Crippen LogP contribution < -0.4 is 0 Å². The molecule has 0 N–H and O–H groups in total. The van der Waals surface area contributed by atoms with Gasteiger partial charge in [-0.2, -0.15) is 0 Å². The Labute approximate surface area is 124 Å². The van der Waals surface area contributed by atoms with Crippen molar-refractivity contribution in [3.05, 3.63) is 76.3 Å². The van der Waals surface area contributed by atoms with E-state index in [-0.39, 0.29) is 0 Å². The molecule has 2 aromatic rings. The van der Waals surface area contributed by atoms with Crippen molar-refractivity contribution in [2.24, 2.45) is 4.99 Å². The van der Waals surface area contributed by atoms with Crippen molar-refractivity contribution >= 4 is 23.0 Å². The SMILES string of the molecule is CC1=C(Cl)C(c2ccccc2)=Nc2ccccc2CC1. The smallest absolute Gasteiger partial charge is 0.0894 e. The van der Waals surface area contributed by atoms with Crippen LogP contribution >= 0.6 is 11.6 Å². The third kappa shape index (κ3) is 2.54. The summed E-state index contributed by atoms with van der Waals surface area (Å²) in [6.45, 7) is 2.09. The average Bonchev–Trinajstić information content (AvgIpc) is 2.50.